The van der Waals surface area contributed by atoms with Gasteiger partial charge in [-0.25, -0.2) is 4.39 Å². The highest BCUT2D eigenvalue weighted by molar-refractivity contribution is 9.10. The predicted octanol–water partition coefficient (Wildman–Crippen LogP) is 3.46. The topological polar surface area (TPSA) is 45.7 Å². The molecule has 0 spiro atoms. The molecule has 0 aliphatic carbocycles. The molecule has 0 aliphatic heterocycles. The highest BCUT2D eigenvalue weighted by Gasteiger charge is 2.05. The molecule has 0 atom stereocenters. The van der Waals surface area contributed by atoms with Crippen molar-refractivity contribution in [2.24, 2.45) is 4.99 Å². The Morgan fingerprint density at radius 2 is 1.83 bits per heavy atom. The first-order valence-corrected chi connectivity index (χ1v) is 7.93. The van der Waals surface area contributed by atoms with Gasteiger partial charge in [0.05, 0.1) is 7.11 Å². The summed E-state index contributed by atoms with van der Waals surface area (Å²) in [5, 5.41) is 6.38. The molecule has 4 nitrogen and oxygen atoms in total. The minimum Gasteiger partial charge on any atom is -0.496 e. The Hall–Kier alpha value is -2.08. The molecule has 2 aromatic carbocycles. The number of halogens is 2. The van der Waals surface area contributed by atoms with Crippen LogP contribution in [0.3, 0.4) is 0 Å². The number of guanidine groups is 1. The number of hydrogen-bond donors (Lipinski definition) is 2. The molecule has 0 saturated heterocycles. The van der Waals surface area contributed by atoms with Gasteiger partial charge in [0.2, 0.25) is 0 Å². The van der Waals surface area contributed by atoms with Crippen LogP contribution in [0, 0.1) is 5.82 Å². The van der Waals surface area contributed by atoms with Crippen LogP contribution in [0.2, 0.25) is 0 Å². The maximum Gasteiger partial charge on any atom is 0.191 e. The van der Waals surface area contributed by atoms with Crippen molar-refractivity contribution in [1.29, 1.82) is 0 Å². The fraction of sp³-hybridized carbons (Fsp3) is 0.235. The third-order valence-electron chi connectivity index (χ3n) is 3.32. The summed E-state index contributed by atoms with van der Waals surface area (Å²) in [5.74, 6) is 1.19. The van der Waals surface area contributed by atoms with Crippen molar-refractivity contribution < 1.29 is 9.13 Å². The van der Waals surface area contributed by atoms with Crippen LogP contribution in [0.15, 0.2) is 51.9 Å². The van der Waals surface area contributed by atoms with Crippen LogP contribution >= 0.6 is 15.9 Å². The monoisotopic (exact) mass is 379 g/mol. The fourth-order valence-corrected chi connectivity index (χ4v) is 2.49. The lowest BCUT2D eigenvalue weighted by atomic mass is 10.2. The third kappa shape index (κ3) is 4.96. The van der Waals surface area contributed by atoms with Gasteiger partial charge in [0.15, 0.2) is 5.96 Å². The largest absolute Gasteiger partial charge is 0.496 e. The van der Waals surface area contributed by atoms with E-state index >= 15 is 0 Å². The molecular formula is C17H19BrFN3O. The molecule has 0 unspecified atom stereocenters. The average Bonchev–Trinajstić information content (AvgIpc) is 2.58. The van der Waals surface area contributed by atoms with Crippen LogP contribution in [0.1, 0.15) is 11.1 Å². The summed E-state index contributed by atoms with van der Waals surface area (Å²) in [6.45, 7) is 1.04. The van der Waals surface area contributed by atoms with Crippen molar-refractivity contribution in [2.75, 3.05) is 14.2 Å². The molecule has 122 valence electrons. The quantitative estimate of drug-likeness (QED) is 0.617. The van der Waals surface area contributed by atoms with E-state index in [0.717, 1.165) is 21.3 Å². The van der Waals surface area contributed by atoms with Crippen molar-refractivity contribution >= 4 is 21.9 Å². The van der Waals surface area contributed by atoms with E-state index in [-0.39, 0.29) is 5.82 Å². The van der Waals surface area contributed by atoms with E-state index in [0.29, 0.717) is 19.0 Å². The number of hydrogen-bond acceptors (Lipinski definition) is 2. The Labute approximate surface area is 143 Å². The summed E-state index contributed by atoms with van der Waals surface area (Å²) in [7, 11) is 3.34. The molecular weight excluding hydrogens is 361 g/mol. The van der Waals surface area contributed by atoms with Crippen molar-refractivity contribution in [3.63, 3.8) is 0 Å². The number of nitrogens with zero attached hydrogens (tertiary/aromatic N) is 1. The van der Waals surface area contributed by atoms with Crippen LogP contribution in [-0.2, 0) is 13.1 Å². The molecule has 2 aromatic rings. The van der Waals surface area contributed by atoms with Gasteiger partial charge in [-0.1, -0.05) is 34.1 Å². The van der Waals surface area contributed by atoms with E-state index in [1.165, 1.54) is 12.1 Å². The maximum atomic E-state index is 13.3. The Balaban J connectivity index is 1.95. The molecule has 0 aliphatic rings. The summed E-state index contributed by atoms with van der Waals surface area (Å²) < 4.78 is 19.5. The molecule has 0 bridgehead atoms. The average molecular weight is 380 g/mol. The van der Waals surface area contributed by atoms with Crippen LogP contribution < -0.4 is 15.4 Å². The summed E-state index contributed by atoms with van der Waals surface area (Å²) in [5.41, 5.74) is 1.86. The van der Waals surface area contributed by atoms with Gasteiger partial charge in [-0.15, -0.1) is 0 Å². The van der Waals surface area contributed by atoms with Gasteiger partial charge in [0, 0.05) is 30.2 Å². The number of methoxy groups -OCH3 is 1. The van der Waals surface area contributed by atoms with Gasteiger partial charge in [-0.3, -0.25) is 4.99 Å². The molecule has 23 heavy (non-hydrogen) atoms. The Morgan fingerprint density at radius 1 is 1.13 bits per heavy atom. The van der Waals surface area contributed by atoms with Gasteiger partial charge in [-0.05, 0) is 29.8 Å². The number of nitrogens with one attached hydrogen (secondary N) is 2. The lowest BCUT2D eigenvalue weighted by molar-refractivity contribution is 0.409. The van der Waals surface area contributed by atoms with Gasteiger partial charge in [-0.2, -0.15) is 0 Å². The minimum absolute atomic E-state index is 0.262. The zero-order chi connectivity index (χ0) is 16.7. The highest BCUT2D eigenvalue weighted by Crippen LogP contribution is 2.18. The van der Waals surface area contributed by atoms with Gasteiger partial charge < -0.3 is 15.4 Å². The summed E-state index contributed by atoms with van der Waals surface area (Å²) in [6.07, 6.45) is 0. The van der Waals surface area contributed by atoms with Gasteiger partial charge in [0.25, 0.3) is 0 Å². The number of rotatable bonds is 5. The smallest absolute Gasteiger partial charge is 0.191 e. The SMILES string of the molecule is CN=C(NCc1cc(F)ccc1Br)NCc1ccccc1OC. The Morgan fingerprint density at radius 3 is 2.52 bits per heavy atom. The molecule has 6 heteroatoms. The van der Waals surface area contributed by atoms with Crippen LogP contribution in [0.5, 0.6) is 5.75 Å². The van der Waals surface area contributed by atoms with Crippen molar-refractivity contribution in [2.45, 2.75) is 13.1 Å². The molecule has 0 amide bonds. The number of para-hydroxylation sites is 1. The normalized spacial score (nSPS) is 11.2. The molecule has 0 radical (unpaired) electrons. The fourth-order valence-electron chi connectivity index (χ4n) is 2.11. The van der Waals surface area contributed by atoms with Crippen molar-refractivity contribution in [3.05, 3.63) is 63.9 Å². The Bertz CT molecular complexity index is 691. The van der Waals surface area contributed by atoms with Crippen LogP contribution in [-0.4, -0.2) is 20.1 Å². The summed E-state index contributed by atoms with van der Waals surface area (Å²) in [6, 6.07) is 12.4. The standard InChI is InChI=1S/C17H19BrFN3O/c1-20-17(21-10-12-5-3-4-6-16(12)23-2)22-11-13-9-14(19)7-8-15(13)18/h3-9H,10-11H2,1-2H3,(H2,20,21,22). The minimum atomic E-state index is -0.262. The van der Waals surface area contributed by atoms with Crippen LogP contribution in [0.4, 0.5) is 4.39 Å². The van der Waals surface area contributed by atoms with E-state index < -0.39 is 0 Å². The molecule has 2 N–H and O–H groups in total. The first-order valence-electron chi connectivity index (χ1n) is 7.14. The first-order chi connectivity index (χ1) is 11.1. The zero-order valence-electron chi connectivity index (χ0n) is 13.1. The number of aliphatic imine (C=N–C) groups is 1. The third-order valence-corrected chi connectivity index (χ3v) is 4.09. The molecule has 2 rings (SSSR count). The van der Waals surface area contributed by atoms with Gasteiger partial charge >= 0.3 is 0 Å². The zero-order valence-corrected chi connectivity index (χ0v) is 14.7. The van der Waals surface area contributed by atoms with E-state index in [4.69, 9.17) is 4.74 Å². The molecule has 0 saturated carbocycles. The lowest BCUT2D eigenvalue weighted by Crippen LogP contribution is -2.36. The second-order valence-corrected chi connectivity index (χ2v) is 5.68. The molecule has 0 heterocycles. The summed E-state index contributed by atoms with van der Waals surface area (Å²) in [4.78, 5) is 4.17. The lowest BCUT2D eigenvalue weighted by Gasteiger charge is -2.14. The second-order valence-electron chi connectivity index (χ2n) is 4.83. The summed E-state index contributed by atoms with van der Waals surface area (Å²) >= 11 is 3.41. The van der Waals surface area contributed by atoms with Crippen molar-refractivity contribution in [3.8, 4) is 5.75 Å². The van der Waals surface area contributed by atoms with E-state index in [1.807, 2.05) is 24.3 Å². The maximum absolute atomic E-state index is 13.3. The van der Waals surface area contributed by atoms with Crippen molar-refractivity contribution in [1.82, 2.24) is 10.6 Å². The number of benzene rings is 2. The van der Waals surface area contributed by atoms with Crippen LogP contribution in [0.25, 0.3) is 0 Å². The van der Waals surface area contributed by atoms with E-state index in [1.54, 1.807) is 20.2 Å². The predicted molar refractivity (Wildman–Crippen MR) is 94.1 cm³/mol. The van der Waals surface area contributed by atoms with E-state index in [9.17, 15) is 4.39 Å². The van der Waals surface area contributed by atoms with Gasteiger partial charge in [0.1, 0.15) is 11.6 Å². The first kappa shape index (κ1) is 17.3. The Kier molecular flexibility index (Phi) is 6.40. The second kappa shape index (κ2) is 8.53. The highest BCUT2D eigenvalue weighted by atomic mass is 79.9. The molecule has 0 fully saturated rings. The molecule has 0 aromatic heterocycles. The number of ether oxygens (including phenoxy) is 1. The van der Waals surface area contributed by atoms with E-state index in [2.05, 4.69) is 31.6 Å².